The van der Waals surface area contributed by atoms with Gasteiger partial charge in [-0.25, -0.2) is 22.0 Å². The molecule has 0 radical (unpaired) electrons. The molecule has 0 amide bonds. The number of benzene rings is 2. The number of rotatable bonds is 11. The fourth-order valence-corrected chi connectivity index (χ4v) is 4.54. The summed E-state index contributed by atoms with van der Waals surface area (Å²) in [6.45, 7) is 6.52. The van der Waals surface area contributed by atoms with Gasteiger partial charge in [0.2, 0.25) is 0 Å². The van der Waals surface area contributed by atoms with E-state index in [-0.39, 0.29) is 27.3 Å². The van der Waals surface area contributed by atoms with Crippen molar-refractivity contribution in [3.8, 4) is 11.1 Å². The number of nitrogens with zero attached hydrogens (tertiary/aromatic N) is 1. The number of carbonyl (C=O) groups is 1. The Hall–Kier alpha value is -2.48. The third-order valence-corrected chi connectivity index (χ3v) is 6.92. The Bertz CT molecular complexity index is 1030. The molecule has 1 N–H and O–H groups in total. The molecule has 2 rings (SSSR count). The number of hydrogen-bond donors (Lipinski definition) is 1. The summed E-state index contributed by atoms with van der Waals surface area (Å²) in [7, 11) is -3.94. The van der Waals surface area contributed by atoms with Crippen LogP contribution in [0.4, 0.5) is 14.5 Å². The van der Waals surface area contributed by atoms with Gasteiger partial charge in [0.25, 0.3) is 0 Å². The maximum atomic E-state index is 14.9. The monoisotopic (exact) mass is 453 g/mol. The highest BCUT2D eigenvalue weighted by Crippen LogP contribution is 2.40. The van der Waals surface area contributed by atoms with Gasteiger partial charge in [0.05, 0.1) is 16.2 Å². The molecular formula is C23H29F2NO4S. The van der Waals surface area contributed by atoms with Gasteiger partial charge in [-0.05, 0) is 31.0 Å². The van der Waals surface area contributed by atoms with Crippen molar-refractivity contribution < 1.29 is 27.1 Å². The highest BCUT2D eigenvalue weighted by Gasteiger charge is 2.28. The van der Waals surface area contributed by atoms with Crippen molar-refractivity contribution in [2.75, 3.05) is 23.7 Å². The first kappa shape index (κ1) is 24.8. The Labute approximate surface area is 182 Å². The molecule has 170 valence electrons. The molecule has 31 heavy (non-hydrogen) atoms. The first-order valence-electron chi connectivity index (χ1n) is 10.5. The molecule has 0 saturated heterocycles. The van der Waals surface area contributed by atoms with Crippen molar-refractivity contribution in [2.24, 2.45) is 0 Å². The van der Waals surface area contributed by atoms with Crippen LogP contribution in [0.3, 0.4) is 0 Å². The second kappa shape index (κ2) is 10.7. The van der Waals surface area contributed by atoms with Crippen LogP contribution in [-0.4, -0.2) is 38.3 Å². The van der Waals surface area contributed by atoms with E-state index in [4.69, 9.17) is 0 Å². The lowest BCUT2D eigenvalue weighted by Gasteiger charge is -2.29. The van der Waals surface area contributed by atoms with Crippen molar-refractivity contribution in [2.45, 2.75) is 51.3 Å². The number of carboxylic acid groups (broad SMARTS) is 1. The molecular weight excluding hydrogens is 424 g/mol. The second-order valence-corrected chi connectivity index (χ2v) is 9.62. The predicted molar refractivity (Wildman–Crippen MR) is 119 cm³/mol. The Kier molecular flexibility index (Phi) is 8.56. The van der Waals surface area contributed by atoms with Crippen molar-refractivity contribution in [3.63, 3.8) is 0 Å². The van der Waals surface area contributed by atoms with Gasteiger partial charge >= 0.3 is 5.97 Å². The molecule has 2 aromatic carbocycles. The van der Waals surface area contributed by atoms with Crippen molar-refractivity contribution in [1.29, 1.82) is 0 Å². The minimum atomic E-state index is -3.94. The van der Waals surface area contributed by atoms with Gasteiger partial charge in [0, 0.05) is 29.9 Å². The Morgan fingerprint density at radius 1 is 1.03 bits per heavy atom. The number of halogens is 2. The minimum absolute atomic E-state index is 0.0102. The summed E-state index contributed by atoms with van der Waals surface area (Å²) in [5, 5.41) is 9.62. The largest absolute Gasteiger partial charge is 0.478 e. The smallest absolute Gasteiger partial charge is 0.335 e. The second-order valence-electron chi connectivity index (χ2n) is 7.37. The van der Waals surface area contributed by atoms with Crippen molar-refractivity contribution >= 4 is 21.5 Å². The van der Waals surface area contributed by atoms with Gasteiger partial charge in [0.15, 0.2) is 21.5 Å². The molecule has 0 aliphatic carbocycles. The van der Waals surface area contributed by atoms with Crippen LogP contribution in [-0.2, 0) is 9.84 Å². The van der Waals surface area contributed by atoms with Gasteiger partial charge in [-0.3, -0.25) is 0 Å². The van der Waals surface area contributed by atoms with E-state index in [1.807, 2.05) is 18.7 Å². The molecule has 0 aromatic heterocycles. The highest BCUT2D eigenvalue weighted by atomic mass is 32.2. The quantitative estimate of drug-likeness (QED) is 0.484. The van der Waals surface area contributed by atoms with Gasteiger partial charge in [0.1, 0.15) is 0 Å². The van der Waals surface area contributed by atoms with E-state index in [9.17, 15) is 27.1 Å². The average Bonchev–Trinajstić information content (AvgIpc) is 2.75. The lowest BCUT2D eigenvalue weighted by molar-refractivity contribution is 0.0696. The van der Waals surface area contributed by atoms with Crippen LogP contribution in [0.1, 0.15) is 56.8 Å². The Morgan fingerprint density at radius 3 is 2.16 bits per heavy atom. The summed E-state index contributed by atoms with van der Waals surface area (Å²) < 4.78 is 54.8. The van der Waals surface area contributed by atoms with E-state index in [0.29, 0.717) is 18.8 Å². The summed E-state index contributed by atoms with van der Waals surface area (Å²) >= 11 is 0. The summed E-state index contributed by atoms with van der Waals surface area (Å²) in [4.78, 5) is 13.4. The topological polar surface area (TPSA) is 74.7 Å². The van der Waals surface area contributed by atoms with Crippen LogP contribution in [0.25, 0.3) is 11.1 Å². The standard InChI is InChI=1S/C23H29F2NO4S/c1-4-7-12-26(13-8-5-2)19-14-16(23(27)28)15-20(31(29,30)6-3)21(19)17-10-9-11-18(24)22(17)25/h9-11,14-15H,4-8,12-13H2,1-3H3,(H,27,28). The van der Waals surface area contributed by atoms with Gasteiger partial charge < -0.3 is 10.0 Å². The Morgan fingerprint density at radius 2 is 1.65 bits per heavy atom. The van der Waals surface area contributed by atoms with Gasteiger partial charge in [-0.2, -0.15) is 0 Å². The molecule has 0 aliphatic rings. The van der Waals surface area contributed by atoms with E-state index in [0.717, 1.165) is 37.8 Å². The summed E-state index contributed by atoms with van der Waals surface area (Å²) in [6.07, 6.45) is 3.29. The zero-order valence-electron chi connectivity index (χ0n) is 18.1. The number of aromatic carboxylic acids is 1. The predicted octanol–water partition coefficient (Wildman–Crippen LogP) is 5.53. The first-order chi connectivity index (χ1) is 14.7. The summed E-state index contributed by atoms with van der Waals surface area (Å²) in [5.74, 6) is -3.85. The van der Waals surface area contributed by atoms with Gasteiger partial charge in [-0.15, -0.1) is 0 Å². The number of unbranched alkanes of at least 4 members (excludes halogenated alkanes) is 2. The molecule has 2 aromatic rings. The maximum absolute atomic E-state index is 14.9. The van der Waals surface area contributed by atoms with Crippen LogP contribution >= 0.6 is 0 Å². The number of anilines is 1. The summed E-state index contributed by atoms with van der Waals surface area (Å²) in [6, 6.07) is 6.01. The third-order valence-electron chi connectivity index (χ3n) is 5.17. The number of sulfone groups is 1. The molecule has 0 saturated carbocycles. The highest BCUT2D eigenvalue weighted by molar-refractivity contribution is 7.91. The molecule has 0 aliphatic heterocycles. The maximum Gasteiger partial charge on any atom is 0.335 e. The van der Waals surface area contributed by atoms with Crippen molar-refractivity contribution in [3.05, 3.63) is 47.5 Å². The molecule has 0 heterocycles. The molecule has 0 spiro atoms. The van der Waals surface area contributed by atoms with E-state index in [1.165, 1.54) is 25.1 Å². The average molecular weight is 454 g/mol. The van der Waals surface area contributed by atoms with Crippen LogP contribution in [0, 0.1) is 11.6 Å². The first-order valence-corrected chi connectivity index (χ1v) is 12.2. The SMILES string of the molecule is CCCCN(CCCC)c1cc(C(=O)O)cc(S(=O)(=O)CC)c1-c1cccc(F)c1F. The van der Waals surface area contributed by atoms with E-state index in [1.54, 1.807) is 0 Å². The van der Waals surface area contributed by atoms with E-state index in [2.05, 4.69) is 0 Å². The zero-order valence-corrected chi connectivity index (χ0v) is 18.9. The molecule has 0 bridgehead atoms. The van der Waals surface area contributed by atoms with E-state index < -0.39 is 27.4 Å². The number of carboxylic acids is 1. The number of hydrogen-bond acceptors (Lipinski definition) is 4. The molecule has 0 fully saturated rings. The van der Waals surface area contributed by atoms with Crippen LogP contribution in [0.5, 0.6) is 0 Å². The molecule has 8 heteroatoms. The molecule has 5 nitrogen and oxygen atoms in total. The van der Waals surface area contributed by atoms with Crippen LogP contribution in [0.15, 0.2) is 35.2 Å². The van der Waals surface area contributed by atoms with Crippen LogP contribution < -0.4 is 4.90 Å². The fraction of sp³-hybridized carbons (Fsp3) is 0.435. The summed E-state index contributed by atoms with van der Waals surface area (Å²) in [5.41, 5.74) is -0.105. The lowest BCUT2D eigenvalue weighted by atomic mass is 9.99. The molecule has 0 atom stereocenters. The van der Waals surface area contributed by atoms with Gasteiger partial charge in [-0.1, -0.05) is 45.7 Å². The van der Waals surface area contributed by atoms with Crippen LogP contribution in [0.2, 0.25) is 0 Å². The minimum Gasteiger partial charge on any atom is -0.478 e. The zero-order chi connectivity index (χ0) is 23.2. The fourth-order valence-electron chi connectivity index (χ4n) is 3.39. The van der Waals surface area contributed by atoms with E-state index >= 15 is 0 Å². The Balaban J connectivity index is 2.97. The third kappa shape index (κ3) is 5.61. The normalized spacial score (nSPS) is 11.5. The lowest BCUT2D eigenvalue weighted by Crippen LogP contribution is -2.27. The molecule has 0 unspecified atom stereocenters. The van der Waals surface area contributed by atoms with Crippen molar-refractivity contribution in [1.82, 2.24) is 0 Å².